The maximum absolute atomic E-state index is 12.5. The Hall–Kier alpha value is -1.59. The van der Waals surface area contributed by atoms with Crippen molar-refractivity contribution in [2.75, 3.05) is 11.9 Å². The molecule has 1 amide bonds. The van der Waals surface area contributed by atoms with Gasteiger partial charge in [0.25, 0.3) is 5.91 Å². The zero-order chi connectivity index (χ0) is 15.4. The number of rotatable bonds is 5. The third kappa shape index (κ3) is 3.95. The Kier molecular flexibility index (Phi) is 5.20. The lowest BCUT2D eigenvalue weighted by atomic mass is 10.1. The minimum Gasteiger partial charge on any atom is -0.385 e. The number of aryl methyl sites for hydroxylation is 1. The minimum atomic E-state index is -0.159. The van der Waals surface area contributed by atoms with Crippen LogP contribution in [0.5, 0.6) is 0 Å². The van der Waals surface area contributed by atoms with Gasteiger partial charge in [-0.05, 0) is 39.0 Å². The Labute approximate surface area is 133 Å². The van der Waals surface area contributed by atoms with Gasteiger partial charge in [0.2, 0.25) is 0 Å². The van der Waals surface area contributed by atoms with E-state index in [4.69, 9.17) is 11.6 Å². The molecule has 0 fully saturated rings. The van der Waals surface area contributed by atoms with E-state index < -0.39 is 0 Å². The maximum atomic E-state index is 12.5. The molecule has 0 saturated heterocycles. The first-order chi connectivity index (χ1) is 10.0. The molecule has 2 rings (SSSR count). The fourth-order valence-electron chi connectivity index (χ4n) is 1.96. The van der Waals surface area contributed by atoms with Crippen molar-refractivity contribution in [2.45, 2.75) is 26.8 Å². The highest BCUT2D eigenvalue weighted by atomic mass is 35.5. The molecule has 1 aromatic heterocycles. The summed E-state index contributed by atoms with van der Waals surface area (Å²) >= 11 is 7.58. The highest BCUT2D eigenvalue weighted by Gasteiger charge is 2.17. The minimum absolute atomic E-state index is 0.135. The summed E-state index contributed by atoms with van der Waals surface area (Å²) in [4.78, 5) is 17.9. The fourth-order valence-corrected chi connectivity index (χ4v) is 2.91. The Morgan fingerprint density at radius 3 is 2.86 bits per heavy atom. The van der Waals surface area contributed by atoms with E-state index in [1.165, 1.54) is 0 Å². The number of hydrogen-bond donors (Lipinski definition) is 2. The third-order valence-electron chi connectivity index (χ3n) is 2.95. The van der Waals surface area contributed by atoms with Gasteiger partial charge in [-0.1, -0.05) is 11.6 Å². The van der Waals surface area contributed by atoms with E-state index in [2.05, 4.69) is 15.6 Å². The van der Waals surface area contributed by atoms with Gasteiger partial charge < -0.3 is 10.6 Å². The molecule has 4 nitrogen and oxygen atoms in total. The van der Waals surface area contributed by atoms with Crippen molar-refractivity contribution in [3.8, 4) is 0 Å². The first-order valence-corrected chi connectivity index (χ1v) is 7.97. The summed E-state index contributed by atoms with van der Waals surface area (Å²) in [5.74, 6) is -0.159. The molecule has 6 heteroatoms. The molecule has 0 aliphatic carbocycles. The number of carbonyl (C=O) groups excluding carboxylic acids is 1. The number of thiazole rings is 1. The summed E-state index contributed by atoms with van der Waals surface area (Å²) in [6.45, 7) is 6.64. The number of nitrogens with one attached hydrogen (secondary N) is 2. The van der Waals surface area contributed by atoms with Crippen molar-refractivity contribution in [1.82, 2.24) is 10.3 Å². The summed E-state index contributed by atoms with van der Waals surface area (Å²) in [6, 6.07) is 5.13. The van der Waals surface area contributed by atoms with E-state index in [0.717, 1.165) is 22.1 Å². The fraction of sp³-hybridized carbons (Fsp3) is 0.333. The van der Waals surface area contributed by atoms with Crippen molar-refractivity contribution in [1.29, 1.82) is 0 Å². The van der Waals surface area contributed by atoms with Crippen LogP contribution in [0.2, 0.25) is 5.02 Å². The van der Waals surface area contributed by atoms with Crippen molar-refractivity contribution in [3.63, 3.8) is 0 Å². The second-order valence-electron chi connectivity index (χ2n) is 4.72. The smallest absolute Gasteiger partial charge is 0.253 e. The zero-order valence-electron chi connectivity index (χ0n) is 12.2. The largest absolute Gasteiger partial charge is 0.385 e. The number of hydrogen-bond acceptors (Lipinski definition) is 4. The molecule has 1 atom stereocenters. The van der Waals surface area contributed by atoms with Crippen molar-refractivity contribution >= 4 is 34.5 Å². The van der Waals surface area contributed by atoms with E-state index in [-0.39, 0.29) is 11.9 Å². The molecule has 0 saturated carbocycles. The molecule has 0 aliphatic rings. The van der Waals surface area contributed by atoms with Crippen molar-refractivity contribution in [2.24, 2.45) is 0 Å². The molecular weight excluding hydrogens is 306 g/mol. The molecule has 1 unspecified atom stereocenters. The molecule has 1 heterocycles. The normalized spacial score (nSPS) is 12.0. The van der Waals surface area contributed by atoms with Crippen LogP contribution in [0, 0.1) is 6.92 Å². The standard InChI is InChI=1S/C15H18ClN3OS/c1-4-17-13-6-5-11(16)7-12(13)14(20)19-10(3)15-18-8-9(2)21-15/h5-8,10,17H,4H2,1-3H3,(H,19,20). The quantitative estimate of drug-likeness (QED) is 0.873. The molecule has 1 aromatic carbocycles. The molecule has 0 bridgehead atoms. The molecule has 0 spiro atoms. The number of halogens is 1. The molecule has 112 valence electrons. The van der Waals surface area contributed by atoms with Gasteiger partial charge in [-0.3, -0.25) is 4.79 Å². The van der Waals surface area contributed by atoms with Crippen LogP contribution in [0.3, 0.4) is 0 Å². The first-order valence-electron chi connectivity index (χ1n) is 6.78. The molecular formula is C15H18ClN3OS. The van der Waals surface area contributed by atoms with Gasteiger partial charge >= 0.3 is 0 Å². The monoisotopic (exact) mass is 323 g/mol. The van der Waals surface area contributed by atoms with E-state index in [1.54, 1.807) is 23.5 Å². The highest BCUT2D eigenvalue weighted by Crippen LogP contribution is 2.23. The van der Waals surface area contributed by atoms with Crippen LogP contribution in [0.25, 0.3) is 0 Å². The summed E-state index contributed by atoms with van der Waals surface area (Å²) in [5, 5.41) is 7.57. The lowest BCUT2D eigenvalue weighted by Crippen LogP contribution is -2.27. The summed E-state index contributed by atoms with van der Waals surface area (Å²) in [5.41, 5.74) is 1.33. The van der Waals surface area contributed by atoms with Gasteiger partial charge in [0.1, 0.15) is 5.01 Å². The summed E-state index contributed by atoms with van der Waals surface area (Å²) < 4.78 is 0. The average Bonchev–Trinajstić information content (AvgIpc) is 2.87. The Balaban J connectivity index is 2.18. The molecule has 0 radical (unpaired) electrons. The van der Waals surface area contributed by atoms with Crippen molar-refractivity contribution < 1.29 is 4.79 Å². The lowest BCUT2D eigenvalue weighted by molar-refractivity contribution is 0.0940. The van der Waals surface area contributed by atoms with E-state index in [1.807, 2.05) is 33.0 Å². The predicted molar refractivity (Wildman–Crippen MR) is 88.3 cm³/mol. The van der Waals surface area contributed by atoms with Gasteiger partial charge in [0.15, 0.2) is 0 Å². The SMILES string of the molecule is CCNc1ccc(Cl)cc1C(=O)NC(C)c1ncc(C)s1. The molecule has 2 N–H and O–H groups in total. The van der Waals surface area contributed by atoms with Crippen LogP contribution in [-0.2, 0) is 0 Å². The Bertz CT molecular complexity index is 642. The Morgan fingerprint density at radius 2 is 2.24 bits per heavy atom. The number of amides is 1. The average molecular weight is 324 g/mol. The van der Waals surface area contributed by atoms with Gasteiger partial charge in [-0.25, -0.2) is 4.98 Å². The maximum Gasteiger partial charge on any atom is 0.253 e. The first kappa shape index (κ1) is 15.8. The number of anilines is 1. The van der Waals surface area contributed by atoms with Crippen molar-refractivity contribution in [3.05, 3.63) is 44.9 Å². The summed E-state index contributed by atoms with van der Waals surface area (Å²) in [7, 11) is 0. The second-order valence-corrected chi connectivity index (χ2v) is 6.43. The summed E-state index contributed by atoms with van der Waals surface area (Å²) in [6.07, 6.45) is 1.81. The zero-order valence-corrected chi connectivity index (χ0v) is 13.8. The van der Waals surface area contributed by atoms with Gasteiger partial charge in [0, 0.05) is 28.3 Å². The number of carbonyl (C=O) groups is 1. The highest BCUT2D eigenvalue weighted by molar-refractivity contribution is 7.11. The van der Waals surface area contributed by atoms with Crippen LogP contribution in [-0.4, -0.2) is 17.4 Å². The van der Waals surface area contributed by atoms with E-state index >= 15 is 0 Å². The van der Waals surface area contributed by atoms with Crippen LogP contribution >= 0.6 is 22.9 Å². The number of nitrogens with zero attached hydrogens (tertiary/aromatic N) is 1. The van der Waals surface area contributed by atoms with E-state index in [9.17, 15) is 4.79 Å². The van der Waals surface area contributed by atoms with Crippen LogP contribution < -0.4 is 10.6 Å². The van der Waals surface area contributed by atoms with Gasteiger partial charge in [-0.2, -0.15) is 0 Å². The van der Waals surface area contributed by atoms with Crippen LogP contribution in [0.4, 0.5) is 5.69 Å². The van der Waals surface area contributed by atoms with Crippen LogP contribution in [0.1, 0.15) is 40.1 Å². The topological polar surface area (TPSA) is 54.0 Å². The Morgan fingerprint density at radius 1 is 1.48 bits per heavy atom. The number of benzene rings is 1. The van der Waals surface area contributed by atoms with E-state index in [0.29, 0.717) is 10.6 Å². The lowest BCUT2D eigenvalue weighted by Gasteiger charge is -2.14. The molecule has 0 aliphatic heterocycles. The van der Waals surface area contributed by atoms with Crippen LogP contribution in [0.15, 0.2) is 24.4 Å². The van der Waals surface area contributed by atoms with Gasteiger partial charge in [0.05, 0.1) is 11.6 Å². The molecule has 21 heavy (non-hydrogen) atoms. The predicted octanol–water partition coefficient (Wildman–Crippen LogP) is 4.03. The number of aromatic nitrogens is 1. The third-order valence-corrected chi connectivity index (χ3v) is 4.28. The second kappa shape index (κ2) is 6.91. The van der Waals surface area contributed by atoms with Gasteiger partial charge in [-0.15, -0.1) is 11.3 Å². The molecule has 2 aromatic rings.